The molecule has 1 amide bonds. The van der Waals surface area contributed by atoms with E-state index < -0.39 is 18.0 Å². The first-order valence-electron chi connectivity index (χ1n) is 10.1. The van der Waals surface area contributed by atoms with Crippen LogP contribution in [0.25, 0.3) is 11.1 Å². The third-order valence-electron chi connectivity index (χ3n) is 6.44. The molecule has 1 N–H and O–H groups in total. The molecule has 0 spiro atoms. The largest absolute Gasteiger partial charge is 0.481 e. The Morgan fingerprint density at radius 2 is 1.69 bits per heavy atom. The Bertz CT molecular complexity index is 912. The summed E-state index contributed by atoms with van der Waals surface area (Å²) in [6, 6.07) is 16.4. The summed E-state index contributed by atoms with van der Waals surface area (Å²) in [4.78, 5) is 26.0. The molecule has 3 atom stereocenters. The van der Waals surface area contributed by atoms with Crippen LogP contribution >= 0.6 is 0 Å². The van der Waals surface area contributed by atoms with Gasteiger partial charge in [-0.3, -0.25) is 4.79 Å². The summed E-state index contributed by atoms with van der Waals surface area (Å²) in [6.07, 6.45) is 0.0373. The molecule has 3 aliphatic rings. The average Bonchev–Trinajstić information content (AvgIpc) is 3.34. The Balaban J connectivity index is 1.32. The van der Waals surface area contributed by atoms with Gasteiger partial charge < -0.3 is 19.5 Å². The van der Waals surface area contributed by atoms with Gasteiger partial charge >= 0.3 is 12.1 Å². The lowest BCUT2D eigenvalue weighted by molar-refractivity contribution is -0.150. The number of amides is 1. The molecule has 6 heteroatoms. The SMILES string of the molecule is O=C(O)[C@@H]1CN(C(=O)OCC2c3ccccc3-c3ccccc32)C[C@H]2CCO[C@@H]21. The molecule has 2 heterocycles. The molecule has 150 valence electrons. The number of hydrogen-bond acceptors (Lipinski definition) is 4. The fourth-order valence-corrected chi connectivity index (χ4v) is 5.05. The van der Waals surface area contributed by atoms with Crippen molar-refractivity contribution in [2.75, 3.05) is 26.3 Å². The van der Waals surface area contributed by atoms with Crippen molar-refractivity contribution in [3.63, 3.8) is 0 Å². The molecule has 2 aromatic carbocycles. The van der Waals surface area contributed by atoms with Crippen LogP contribution < -0.4 is 0 Å². The number of rotatable bonds is 3. The van der Waals surface area contributed by atoms with Gasteiger partial charge in [0.2, 0.25) is 0 Å². The lowest BCUT2D eigenvalue weighted by Crippen LogP contribution is -2.52. The van der Waals surface area contributed by atoms with E-state index in [0.29, 0.717) is 13.2 Å². The summed E-state index contributed by atoms with van der Waals surface area (Å²) in [5.74, 6) is -1.56. The second kappa shape index (κ2) is 7.19. The Morgan fingerprint density at radius 3 is 2.34 bits per heavy atom. The first-order chi connectivity index (χ1) is 14.1. The summed E-state index contributed by atoms with van der Waals surface area (Å²) in [5, 5.41) is 9.55. The number of likely N-dealkylation sites (tertiary alicyclic amines) is 1. The number of benzene rings is 2. The first-order valence-corrected chi connectivity index (χ1v) is 10.1. The Hall–Kier alpha value is -2.86. The van der Waals surface area contributed by atoms with Crippen molar-refractivity contribution in [1.82, 2.24) is 4.90 Å². The number of nitrogens with zero attached hydrogens (tertiary/aromatic N) is 1. The van der Waals surface area contributed by atoms with E-state index >= 15 is 0 Å². The second-order valence-electron chi connectivity index (χ2n) is 8.04. The minimum Gasteiger partial charge on any atom is -0.481 e. The highest BCUT2D eigenvalue weighted by atomic mass is 16.6. The number of carboxylic acids is 1. The van der Waals surface area contributed by atoms with Crippen molar-refractivity contribution in [2.45, 2.75) is 18.4 Å². The molecule has 29 heavy (non-hydrogen) atoms. The van der Waals surface area contributed by atoms with Crippen molar-refractivity contribution >= 4 is 12.1 Å². The molecule has 0 unspecified atom stereocenters. The molecule has 0 saturated carbocycles. The summed E-state index contributed by atoms with van der Waals surface area (Å²) >= 11 is 0. The molecule has 2 aliphatic heterocycles. The lowest BCUT2D eigenvalue weighted by Gasteiger charge is -2.37. The first kappa shape index (κ1) is 18.2. The highest BCUT2D eigenvalue weighted by Crippen LogP contribution is 2.44. The van der Waals surface area contributed by atoms with E-state index in [0.717, 1.165) is 17.5 Å². The molecular weight excluding hydrogens is 370 g/mol. The molecule has 2 aromatic rings. The Labute approximate surface area is 169 Å². The van der Waals surface area contributed by atoms with Crippen LogP contribution in [-0.4, -0.2) is 54.5 Å². The van der Waals surface area contributed by atoms with Crippen molar-refractivity contribution in [2.24, 2.45) is 11.8 Å². The van der Waals surface area contributed by atoms with Gasteiger partial charge in [0.15, 0.2) is 0 Å². The predicted molar refractivity (Wildman–Crippen MR) is 106 cm³/mol. The van der Waals surface area contributed by atoms with Crippen LogP contribution in [0, 0.1) is 11.8 Å². The van der Waals surface area contributed by atoms with Gasteiger partial charge in [-0.2, -0.15) is 0 Å². The number of ether oxygens (including phenoxy) is 2. The smallest absolute Gasteiger partial charge is 0.409 e. The number of hydrogen-bond donors (Lipinski definition) is 1. The lowest BCUT2D eigenvalue weighted by atomic mass is 9.86. The molecule has 0 aromatic heterocycles. The van der Waals surface area contributed by atoms with Crippen LogP contribution in [0.3, 0.4) is 0 Å². The van der Waals surface area contributed by atoms with Crippen molar-refractivity contribution in [3.05, 3.63) is 59.7 Å². The zero-order valence-electron chi connectivity index (χ0n) is 16.0. The summed E-state index contributed by atoms with van der Waals surface area (Å²) in [5.41, 5.74) is 4.68. The van der Waals surface area contributed by atoms with Crippen molar-refractivity contribution < 1.29 is 24.2 Å². The quantitative estimate of drug-likeness (QED) is 0.865. The summed E-state index contributed by atoms with van der Waals surface area (Å²) in [6.45, 7) is 1.42. The molecular formula is C23H23NO5. The minimum atomic E-state index is -0.918. The fourth-order valence-electron chi connectivity index (χ4n) is 5.05. The van der Waals surface area contributed by atoms with Gasteiger partial charge in [-0.25, -0.2) is 4.79 Å². The van der Waals surface area contributed by atoms with Gasteiger partial charge in [0.25, 0.3) is 0 Å². The molecule has 6 nitrogen and oxygen atoms in total. The van der Waals surface area contributed by atoms with Crippen LogP contribution in [-0.2, 0) is 14.3 Å². The number of fused-ring (bicyclic) bond motifs is 4. The Morgan fingerprint density at radius 1 is 1.03 bits per heavy atom. The maximum atomic E-state index is 12.8. The van der Waals surface area contributed by atoms with E-state index in [1.807, 2.05) is 24.3 Å². The zero-order valence-corrected chi connectivity index (χ0v) is 16.0. The average molecular weight is 393 g/mol. The molecule has 0 bridgehead atoms. The van der Waals surface area contributed by atoms with Gasteiger partial charge in [0.05, 0.1) is 6.10 Å². The van der Waals surface area contributed by atoms with Crippen LogP contribution in [0.5, 0.6) is 0 Å². The number of carbonyl (C=O) groups excluding carboxylic acids is 1. The fraction of sp³-hybridized carbons (Fsp3) is 0.391. The number of carboxylic acid groups (broad SMARTS) is 1. The summed E-state index contributed by atoms with van der Waals surface area (Å²) < 4.78 is 11.3. The van der Waals surface area contributed by atoms with Crippen LogP contribution in [0.15, 0.2) is 48.5 Å². The second-order valence-corrected chi connectivity index (χ2v) is 8.04. The molecule has 1 aliphatic carbocycles. The number of aliphatic carboxylic acids is 1. The van der Waals surface area contributed by atoms with E-state index in [1.165, 1.54) is 11.1 Å². The van der Waals surface area contributed by atoms with E-state index in [9.17, 15) is 14.7 Å². The zero-order chi connectivity index (χ0) is 20.0. The van der Waals surface area contributed by atoms with Gasteiger partial charge in [-0.15, -0.1) is 0 Å². The minimum absolute atomic E-state index is 0.00558. The van der Waals surface area contributed by atoms with Gasteiger partial charge in [0.1, 0.15) is 12.5 Å². The maximum absolute atomic E-state index is 12.8. The molecule has 2 saturated heterocycles. The molecule has 0 radical (unpaired) electrons. The highest BCUT2D eigenvalue weighted by molar-refractivity contribution is 5.79. The van der Waals surface area contributed by atoms with E-state index in [-0.39, 0.29) is 31.1 Å². The monoisotopic (exact) mass is 393 g/mol. The number of carbonyl (C=O) groups is 2. The van der Waals surface area contributed by atoms with Gasteiger partial charge in [-0.1, -0.05) is 48.5 Å². The highest BCUT2D eigenvalue weighted by Gasteiger charge is 2.46. The van der Waals surface area contributed by atoms with Crippen molar-refractivity contribution in [1.29, 1.82) is 0 Å². The van der Waals surface area contributed by atoms with Gasteiger partial charge in [-0.05, 0) is 28.7 Å². The van der Waals surface area contributed by atoms with Crippen molar-refractivity contribution in [3.8, 4) is 11.1 Å². The third kappa shape index (κ3) is 3.08. The maximum Gasteiger partial charge on any atom is 0.409 e. The Kier molecular flexibility index (Phi) is 4.51. The number of piperidine rings is 1. The van der Waals surface area contributed by atoms with Crippen LogP contribution in [0.2, 0.25) is 0 Å². The van der Waals surface area contributed by atoms with Crippen LogP contribution in [0.1, 0.15) is 23.5 Å². The molecule has 5 rings (SSSR count). The van der Waals surface area contributed by atoms with E-state index in [4.69, 9.17) is 9.47 Å². The van der Waals surface area contributed by atoms with Crippen LogP contribution in [0.4, 0.5) is 4.79 Å². The predicted octanol–water partition coefficient (Wildman–Crippen LogP) is 3.36. The topological polar surface area (TPSA) is 76.1 Å². The molecule has 2 fully saturated rings. The standard InChI is InChI=1S/C23H23NO5/c25-22(26)19-12-24(11-14-9-10-28-21(14)19)23(27)29-13-20-17-7-3-1-5-15(17)16-6-2-4-8-18(16)20/h1-8,14,19-21H,9-13H2,(H,25,26)/t14-,19-,21+/m1/s1. The summed E-state index contributed by atoms with van der Waals surface area (Å²) in [7, 11) is 0. The normalized spacial score (nSPS) is 25.2. The van der Waals surface area contributed by atoms with E-state index in [2.05, 4.69) is 24.3 Å². The van der Waals surface area contributed by atoms with Gasteiger partial charge in [0, 0.05) is 31.5 Å². The van der Waals surface area contributed by atoms with E-state index in [1.54, 1.807) is 4.90 Å². The third-order valence-corrected chi connectivity index (χ3v) is 6.44.